The third-order valence-corrected chi connectivity index (χ3v) is 4.75. The Morgan fingerprint density at radius 2 is 2.06 bits per heavy atom. The SMILES string of the molecule is Nc1cccc(Cl)c1SCc1ccc(F)cc1Br. The molecule has 2 aromatic carbocycles. The van der Waals surface area contributed by atoms with Gasteiger partial charge in [-0.05, 0) is 29.8 Å². The Labute approximate surface area is 123 Å². The van der Waals surface area contributed by atoms with Crippen molar-refractivity contribution in [1.29, 1.82) is 0 Å². The molecule has 0 saturated carbocycles. The number of hydrogen-bond donors (Lipinski definition) is 1. The van der Waals surface area contributed by atoms with Crippen LogP contribution in [0.4, 0.5) is 10.1 Å². The van der Waals surface area contributed by atoms with E-state index in [9.17, 15) is 4.39 Å². The molecule has 94 valence electrons. The van der Waals surface area contributed by atoms with Crippen LogP contribution in [0.2, 0.25) is 5.02 Å². The molecular weight excluding hydrogens is 337 g/mol. The van der Waals surface area contributed by atoms with Crippen molar-refractivity contribution in [3.05, 3.63) is 57.3 Å². The Hall–Kier alpha value is -0.710. The van der Waals surface area contributed by atoms with Gasteiger partial charge >= 0.3 is 0 Å². The van der Waals surface area contributed by atoms with E-state index in [1.807, 2.05) is 12.1 Å². The van der Waals surface area contributed by atoms with Crippen molar-refractivity contribution >= 4 is 45.0 Å². The molecule has 0 bridgehead atoms. The summed E-state index contributed by atoms with van der Waals surface area (Å²) in [5, 5.41) is 0.637. The summed E-state index contributed by atoms with van der Waals surface area (Å²) < 4.78 is 13.7. The second-order valence-corrected chi connectivity index (χ2v) is 5.93. The molecule has 0 radical (unpaired) electrons. The van der Waals surface area contributed by atoms with Gasteiger partial charge in [0.2, 0.25) is 0 Å². The van der Waals surface area contributed by atoms with Crippen molar-refractivity contribution in [2.45, 2.75) is 10.6 Å². The van der Waals surface area contributed by atoms with Crippen LogP contribution in [0.25, 0.3) is 0 Å². The first-order chi connectivity index (χ1) is 8.58. The smallest absolute Gasteiger partial charge is 0.124 e. The van der Waals surface area contributed by atoms with Gasteiger partial charge in [0.25, 0.3) is 0 Å². The van der Waals surface area contributed by atoms with E-state index in [0.29, 0.717) is 16.5 Å². The number of halogens is 3. The van der Waals surface area contributed by atoms with E-state index < -0.39 is 0 Å². The number of anilines is 1. The van der Waals surface area contributed by atoms with Gasteiger partial charge in [-0.15, -0.1) is 11.8 Å². The maximum Gasteiger partial charge on any atom is 0.124 e. The first-order valence-electron chi connectivity index (χ1n) is 5.18. The molecule has 0 aliphatic carbocycles. The molecule has 18 heavy (non-hydrogen) atoms. The van der Waals surface area contributed by atoms with Crippen molar-refractivity contribution in [2.75, 3.05) is 5.73 Å². The Morgan fingerprint density at radius 3 is 2.72 bits per heavy atom. The minimum Gasteiger partial charge on any atom is -0.398 e. The molecule has 0 saturated heterocycles. The summed E-state index contributed by atoms with van der Waals surface area (Å²) in [4.78, 5) is 0.857. The summed E-state index contributed by atoms with van der Waals surface area (Å²) in [5.41, 5.74) is 7.53. The lowest BCUT2D eigenvalue weighted by Crippen LogP contribution is -1.90. The van der Waals surface area contributed by atoms with Gasteiger partial charge in [-0.3, -0.25) is 0 Å². The zero-order chi connectivity index (χ0) is 13.1. The number of benzene rings is 2. The van der Waals surface area contributed by atoms with Crippen LogP contribution in [0, 0.1) is 5.82 Å². The van der Waals surface area contributed by atoms with Gasteiger partial charge in [-0.2, -0.15) is 0 Å². The highest BCUT2D eigenvalue weighted by atomic mass is 79.9. The monoisotopic (exact) mass is 345 g/mol. The van der Waals surface area contributed by atoms with Gasteiger partial charge in [-0.25, -0.2) is 4.39 Å². The van der Waals surface area contributed by atoms with Gasteiger partial charge in [0.05, 0.1) is 5.02 Å². The van der Waals surface area contributed by atoms with Crippen molar-refractivity contribution < 1.29 is 4.39 Å². The highest BCUT2D eigenvalue weighted by molar-refractivity contribution is 9.10. The zero-order valence-electron chi connectivity index (χ0n) is 9.29. The quantitative estimate of drug-likeness (QED) is 0.617. The van der Waals surface area contributed by atoms with E-state index >= 15 is 0 Å². The van der Waals surface area contributed by atoms with Gasteiger partial charge in [0, 0.05) is 20.8 Å². The highest BCUT2D eigenvalue weighted by Gasteiger charge is 2.07. The first-order valence-corrected chi connectivity index (χ1v) is 7.34. The maximum absolute atomic E-state index is 13.0. The predicted octanol–water partition coefficient (Wildman–Crippen LogP) is 5.12. The molecule has 2 rings (SSSR count). The Bertz CT molecular complexity index is 557. The summed E-state index contributed by atoms with van der Waals surface area (Å²) in [5.74, 6) is 0.419. The molecule has 0 fully saturated rings. The third kappa shape index (κ3) is 3.19. The minimum absolute atomic E-state index is 0.257. The molecule has 0 atom stereocenters. The standard InChI is InChI=1S/C13H10BrClFNS/c14-10-6-9(16)5-4-8(10)7-18-13-11(15)2-1-3-12(13)17/h1-6H,7,17H2. The lowest BCUT2D eigenvalue weighted by molar-refractivity contribution is 0.626. The molecule has 1 nitrogen and oxygen atoms in total. The topological polar surface area (TPSA) is 26.0 Å². The largest absolute Gasteiger partial charge is 0.398 e. The molecule has 0 aliphatic heterocycles. The van der Waals surface area contributed by atoms with Crippen molar-refractivity contribution in [2.24, 2.45) is 0 Å². The molecule has 0 spiro atoms. The molecule has 2 aromatic rings. The van der Waals surface area contributed by atoms with Gasteiger partial charge in [0.15, 0.2) is 0 Å². The summed E-state index contributed by atoms with van der Waals surface area (Å²) in [6, 6.07) is 10.1. The lowest BCUT2D eigenvalue weighted by atomic mass is 10.2. The number of rotatable bonds is 3. The Morgan fingerprint density at radius 1 is 1.28 bits per heavy atom. The zero-order valence-corrected chi connectivity index (χ0v) is 12.4. The second kappa shape index (κ2) is 5.95. The molecule has 0 heterocycles. The normalized spacial score (nSPS) is 10.6. The molecule has 0 unspecified atom stereocenters. The van der Waals surface area contributed by atoms with Crippen LogP contribution in [0.5, 0.6) is 0 Å². The average Bonchev–Trinajstić information content (AvgIpc) is 2.31. The van der Waals surface area contributed by atoms with Crippen LogP contribution in [0.15, 0.2) is 45.8 Å². The average molecular weight is 347 g/mol. The summed E-state index contributed by atoms with van der Waals surface area (Å²) in [7, 11) is 0. The molecule has 5 heteroatoms. The molecule has 0 amide bonds. The van der Waals surface area contributed by atoms with E-state index in [0.717, 1.165) is 14.9 Å². The van der Waals surface area contributed by atoms with Crippen LogP contribution in [-0.2, 0) is 5.75 Å². The lowest BCUT2D eigenvalue weighted by Gasteiger charge is -2.08. The van der Waals surface area contributed by atoms with E-state index in [4.69, 9.17) is 17.3 Å². The fourth-order valence-corrected chi connectivity index (χ4v) is 3.48. The Kier molecular flexibility index (Phi) is 4.54. The number of nitrogens with two attached hydrogens (primary N) is 1. The number of thioether (sulfide) groups is 1. The fourth-order valence-electron chi connectivity index (χ4n) is 1.47. The van der Waals surface area contributed by atoms with Crippen LogP contribution in [-0.4, -0.2) is 0 Å². The van der Waals surface area contributed by atoms with E-state index in [-0.39, 0.29) is 5.82 Å². The van der Waals surface area contributed by atoms with E-state index in [1.54, 1.807) is 12.1 Å². The third-order valence-electron chi connectivity index (χ3n) is 2.38. The second-order valence-electron chi connectivity index (χ2n) is 3.68. The number of nitrogen functional groups attached to an aromatic ring is 1. The van der Waals surface area contributed by atoms with Gasteiger partial charge < -0.3 is 5.73 Å². The highest BCUT2D eigenvalue weighted by Crippen LogP contribution is 2.35. The molecule has 2 N–H and O–H groups in total. The Balaban J connectivity index is 2.16. The minimum atomic E-state index is -0.257. The predicted molar refractivity (Wildman–Crippen MR) is 79.5 cm³/mol. The molecule has 0 aliphatic rings. The fraction of sp³-hybridized carbons (Fsp3) is 0.0769. The molecule has 0 aromatic heterocycles. The van der Waals surface area contributed by atoms with E-state index in [2.05, 4.69) is 15.9 Å². The van der Waals surface area contributed by atoms with Crippen LogP contribution >= 0.6 is 39.3 Å². The van der Waals surface area contributed by atoms with Crippen LogP contribution in [0.3, 0.4) is 0 Å². The van der Waals surface area contributed by atoms with E-state index in [1.165, 1.54) is 23.9 Å². The summed E-state index contributed by atoms with van der Waals surface area (Å²) in [6.07, 6.45) is 0. The summed E-state index contributed by atoms with van der Waals surface area (Å²) >= 11 is 11.0. The van der Waals surface area contributed by atoms with Crippen molar-refractivity contribution in [1.82, 2.24) is 0 Å². The number of hydrogen-bond acceptors (Lipinski definition) is 2. The van der Waals surface area contributed by atoms with Crippen LogP contribution < -0.4 is 5.73 Å². The van der Waals surface area contributed by atoms with Crippen molar-refractivity contribution in [3.63, 3.8) is 0 Å². The maximum atomic E-state index is 13.0. The van der Waals surface area contributed by atoms with Crippen LogP contribution in [0.1, 0.15) is 5.56 Å². The molecular formula is C13H10BrClFNS. The van der Waals surface area contributed by atoms with Gasteiger partial charge in [-0.1, -0.05) is 39.7 Å². The van der Waals surface area contributed by atoms with Gasteiger partial charge in [0.1, 0.15) is 5.82 Å². The summed E-state index contributed by atoms with van der Waals surface area (Å²) in [6.45, 7) is 0. The van der Waals surface area contributed by atoms with Crippen molar-refractivity contribution in [3.8, 4) is 0 Å². The first kappa shape index (κ1) is 13.7.